The van der Waals surface area contributed by atoms with Crippen LogP contribution in [0.1, 0.15) is 71.6 Å². The molecule has 168 valence electrons. The minimum absolute atomic E-state index is 0.00346. The SMILES string of the molecule is CCCC(C)NC(=O)C(c1ccc(C)cc1)N(C)C(=O)C(C)NC(=O)OC(C)(C)C. The van der Waals surface area contributed by atoms with Crippen LogP contribution < -0.4 is 10.6 Å². The van der Waals surface area contributed by atoms with E-state index >= 15 is 0 Å². The highest BCUT2D eigenvalue weighted by Gasteiger charge is 2.32. The van der Waals surface area contributed by atoms with Crippen molar-refractivity contribution < 1.29 is 19.1 Å². The number of hydrogen-bond donors (Lipinski definition) is 2. The Morgan fingerprint density at radius 2 is 1.63 bits per heavy atom. The van der Waals surface area contributed by atoms with Gasteiger partial charge in [-0.2, -0.15) is 0 Å². The summed E-state index contributed by atoms with van der Waals surface area (Å²) >= 11 is 0. The number of alkyl carbamates (subject to hydrolysis) is 1. The smallest absolute Gasteiger partial charge is 0.408 e. The summed E-state index contributed by atoms with van der Waals surface area (Å²) in [5.74, 6) is -0.634. The molecule has 0 aliphatic heterocycles. The van der Waals surface area contributed by atoms with Crippen molar-refractivity contribution in [1.82, 2.24) is 15.5 Å². The fraction of sp³-hybridized carbons (Fsp3) is 0.609. The van der Waals surface area contributed by atoms with Crippen LogP contribution in [0.2, 0.25) is 0 Å². The zero-order valence-electron chi connectivity index (χ0n) is 19.5. The van der Waals surface area contributed by atoms with Crippen molar-refractivity contribution in [2.75, 3.05) is 7.05 Å². The monoisotopic (exact) mass is 419 g/mol. The number of hydrogen-bond acceptors (Lipinski definition) is 4. The Balaban J connectivity index is 3.04. The fourth-order valence-electron chi connectivity index (χ4n) is 3.11. The fourth-order valence-corrected chi connectivity index (χ4v) is 3.11. The minimum atomic E-state index is -0.848. The van der Waals surface area contributed by atoms with E-state index in [9.17, 15) is 14.4 Å². The molecule has 3 unspecified atom stereocenters. The Labute approximate surface area is 180 Å². The second-order valence-electron chi connectivity index (χ2n) is 8.83. The lowest BCUT2D eigenvalue weighted by Gasteiger charge is -2.31. The Bertz CT molecular complexity index is 725. The van der Waals surface area contributed by atoms with Crippen LogP contribution in [0.3, 0.4) is 0 Å². The first-order chi connectivity index (χ1) is 13.9. The Morgan fingerprint density at radius 1 is 1.07 bits per heavy atom. The van der Waals surface area contributed by atoms with Crippen LogP contribution in [0.4, 0.5) is 4.79 Å². The van der Waals surface area contributed by atoms with E-state index in [0.717, 1.165) is 18.4 Å². The molecule has 2 N–H and O–H groups in total. The van der Waals surface area contributed by atoms with Gasteiger partial charge in [-0.3, -0.25) is 9.59 Å². The summed E-state index contributed by atoms with van der Waals surface area (Å²) in [6.07, 6.45) is 1.12. The molecule has 7 heteroatoms. The Morgan fingerprint density at radius 3 is 2.13 bits per heavy atom. The van der Waals surface area contributed by atoms with E-state index in [-0.39, 0.29) is 17.9 Å². The standard InChI is InChI=1S/C23H37N3O4/c1-9-10-16(3)24-20(27)19(18-13-11-15(2)12-14-18)26(8)21(28)17(4)25-22(29)30-23(5,6)7/h11-14,16-17,19H,9-10H2,1-8H3,(H,24,27)(H,25,29). The number of benzene rings is 1. The molecular weight excluding hydrogens is 382 g/mol. The maximum atomic E-state index is 13.1. The molecule has 0 aliphatic carbocycles. The molecule has 1 aromatic rings. The van der Waals surface area contributed by atoms with Crippen LogP contribution in [-0.4, -0.2) is 47.5 Å². The molecule has 1 aromatic carbocycles. The average molecular weight is 420 g/mol. The zero-order chi connectivity index (χ0) is 23.1. The van der Waals surface area contributed by atoms with Crippen molar-refractivity contribution in [2.45, 2.75) is 85.0 Å². The number of carbonyl (C=O) groups excluding carboxylic acids is 3. The predicted octanol–water partition coefficient (Wildman–Crippen LogP) is 3.71. The van der Waals surface area contributed by atoms with Crippen LogP contribution in [0.15, 0.2) is 24.3 Å². The van der Waals surface area contributed by atoms with Crippen molar-refractivity contribution >= 4 is 17.9 Å². The van der Waals surface area contributed by atoms with Crippen molar-refractivity contribution in [3.8, 4) is 0 Å². The summed E-state index contributed by atoms with van der Waals surface area (Å²) < 4.78 is 5.22. The second-order valence-corrected chi connectivity index (χ2v) is 8.83. The summed E-state index contributed by atoms with van der Waals surface area (Å²) in [5, 5.41) is 5.54. The third-order valence-electron chi connectivity index (χ3n) is 4.59. The first-order valence-electron chi connectivity index (χ1n) is 10.5. The highest BCUT2D eigenvalue weighted by molar-refractivity contribution is 5.91. The van der Waals surface area contributed by atoms with Gasteiger partial charge in [0.05, 0.1) is 0 Å². The van der Waals surface area contributed by atoms with Gasteiger partial charge in [0.15, 0.2) is 0 Å². The third kappa shape index (κ3) is 8.05. The highest BCUT2D eigenvalue weighted by Crippen LogP contribution is 2.22. The topological polar surface area (TPSA) is 87.7 Å². The quantitative estimate of drug-likeness (QED) is 0.672. The molecule has 0 radical (unpaired) electrons. The molecule has 0 aromatic heterocycles. The molecule has 1 rings (SSSR count). The lowest BCUT2D eigenvalue weighted by molar-refractivity contribution is -0.140. The largest absolute Gasteiger partial charge is 0.444 e. The Kier molecular flexibility index (Phi) is 9.33. The van der Waals surface area contributed by atoms with Gasteiger partial charge in [-0.25, -0.2) is 4.79 Å². The number of ether oxygens (including phenoxy) is 1. The number of amides is 3. The number of nitrogens with one attached hydrogen (secondary N) is 2. The molecule has 30 heavy (non-hydrogen) atoms. The molecule has 0 saturated carbocycles. The van der Waals surface area contributed by atoms with Crippen molar-refractivity contribution in [1.29, 1.82) is 0 Å². The van der Waals surface area contributed by atoms with E-state index in [1.54, 1.807) is 34.7 Å². The van der Waals surface area contributed by atoms with E-state index < -0.39 is 23.8 Å². The van der Waals surface area contributed by atoms with Crippen LogP contribution in [0.25, 0.3) is 0 Å². The number of rotatable bonds is 8. The predicted molar refractivity (Wildman–Crippen MR) is 118 cm³/mol. The van der Waals surface area contributed by atoms with Gasteiger partial charge in [0.1, 0.15) is 17.7 Å². The van der Waals surface area contributed by atoms with Crippen LogP contribution in [0, 0.1) is 6.92 Å². The van der Waals surface area contributed by atoms with Crippen LogP contribution in [-0.2, 0) is 14.3 Å². The summed E-state index contributed by atoms with van der Waals surface area (Å²) in [4.78, 5) is 39.5. The molecule has 7 nitrogen and oxygen atoms in total. The molecule has 0 heterocycles. The van der Waals surface area contributed by atoms with E-state index in [2.05, 4.69) is 17.6 Å². The third-order valence-corrected chi connectivity index (χ3v) is 4.59. The number of nitrogens with zero attached hydrogens (tertiary/aromatic N) is 1. The van der Waals surface area contributed by atoms with E-state index in [1.165, 1.54) is 4.90 Å². The lowest BCUT2D eigenvalue weighted by atomic mass is 10.0. The Hall–Kier alpha value is -2.57. The summed E-state index contributed by atoms with van der Waals surface area (Å²) in [7, 11) is 1.57. The van der Waals surface area contributed by atoms with Gasteiger partial charge >= 0.3 is 6.09 Å². The van der Waals surface area contributed by atoms with Crippen molar-refractivity contribution in [3.05, 3.63) is 35.4 Å². The summed E-state index contributed by atoms with van der Waals surface area (Å²) in [6.45, 7) is 12.8. The van der Waals surface area contributed by atoms with Gasteiger partial charge in [0.2, 0.25) is 11.8 Å². The van der Waals surface area contributed by atoms with Crippen LogP contribution in [0.5, 0.6) is 0 Å². The maximum absolute atomic E-state index is 13.1. The summed E-state index contributed by atoms with van der Waals surface area (Å²) in [6, 6.07) is 5.85. The number of aryl methyl sites for hydroxylation is 1. The maximum Gasteiger partial charge on any atom is 0.408 e. The zero-order valence-corrected chi connectivity index (χ0v) is 19.5. The van der Waals surface area contributed by atoms with Gasteiger partial charge < -0.3 is 20.3 Å². The number of likely N-dealkylation sites (N-methyl/N-ethyl adjacent to an activating group) is 1. The summed E-state index contributed by atoms with van der Waals surface area (Å²) in [5.41, 5.74) is 1.10. The molecule has 0 saturated heterocycles. The first kappa shape index (κ1) is 25.5. The van der Waals surface area contributed by atoms with Crippen molar-refractivity contribution in [3.63, 3.8) is 0 Å². The molecule has 0 bridgehead atoms. The molecule has 0 spiro atoms. The first-order valence-corrected chi connectivity index (χ1v) is 10.5. The number of carbonyl (C=O) groups is 3. The second kappa shape index (κ2) is 11.0. The van der Waals surface area contributed by atoms with Gasteiger partial charge in [0, 0.05) is 13.1 Å². The van der Waals surface area contributed by atoms with Crippen LogP contribution >= 0.6 is 0 Å². The van der Waals surface area contributed by atoms with E-state index in [1.807, 2.05) is 38.1 Å². The highest BCUT2D eigenvalue weighted by atomic mass is 16.6. The lowest BCUT2D eigenvalue weighted by Crippen LogP contribution is -2.51. The average Bonchev–Trinajstić information content (AvgIpc) is 2.61. The minimum Gasteiger partial charge on any atom is -0.444 e. The molecule has 3 atom stereocenters. The van der Waals surface area contributed by atoms with Gasteiger partial charge in [-0.15, -0.1) is 0 Å². The van der Waals surface area contributed by atoms with E-state index in [0.29, 0.717) is 5.56 Å². The normalized spacial score (nSPS) is 14.3. The molecule has 0 aliphatic rings. The molecule has 0 fully saturated rings. The molecular formula is C23H37N3O4. The van der Waals surface area contributed by atoms with Gasteiger partial charge in [0.25, 0.3) is 0 Å². The van der Waals surface area contributed by atoms with Crippen molar-refractivity contribution in [2.24, 2.45) is 0 Å². The van der Waals surface area contributed by atoms with Gasteiger partial charge in [-0.05, 0) is 53.5 Å². The molecule has 3 amide bonds. The van der Waals surface area contributed by atoms with E-state index in [4.69, 9.17) is 4.74 Å². The van der Waals surface area contributed by atoms with Gasteiger partial charge in [-0.1, -0.05) is 43.2 Å².